The lowest BCUT2D eigenvalue weighted by atomic mass is 10.1. The van der Waals surface area contributed by atoms with E-state index in [0.29, 0.717) is 11.1 Å². The Bertz CT molecular complexity index is 796. The molecule has 0 aliphatic heterocycles. The van der Waals surface area contributed by atoms with Gasteiger partial charge in [-0.2, -0.15) is 0 Å². The molecule has 0 radical (unpaired) electrons. The number of carbonyl (C=O) groups is 2. The van der Waals surface area contributed by atoms with Crippen molar-refractivity contribution >= 4 is 21.9 Å². The van der Waals surface area contributed by atoms with E-state index >= 15 is 0 Å². The zero-order valence-electron chi connectivity index (χ0n) is 15.6. The first-order chi connectivity index (χ1) is 11.7. The normalized spacial score (nSPS) is 13.3. The third kappa shape index (κ3) is 6.40. The van der Waals surface area contributed by atoms with Gasteiger partial charge in [-0.05, 0) is 57.9 Å². The second-order valence-electron chi connectivity index (χ2n) is 7.08. The molecule has 8 nitrogen and oxygen atoms in total. The van der Waals surface area contributed by atoms with Gasteiger partial charge >= 0.3 is 5.97 Å². The van der Waals surface area contributed by atoms with Gasteiger partial charge in [-0.3, -0.25) is 4.79 Å². The number of nitrogens with two attached hydrogens (primary N) is 1. The van der Waals surface area contributed by atoms with Gasteiger partial charge in [0.05, 0.1) is 10.5 Å². The number of primary sulfonamides is 1. The van der Waals surface area contributed by atoms with Crippen LogP contribution in [-0.2, 0) is 19.6 Å². The molecule has 0 aromatic heterocycles. The second kappa shape index (κ2) is 8.15. The number of sulfonamides is 1. The zero-order valence-corrected chi connectivity index (χ0v) is 16.4. The molecule has 1 aromatic carbocycles. The van der Waals surface area contributed by atoms with Crippen molar-refractivity contribution in [1.29, 1.82) is 0 Å². The highest BCUT2D eigenvalue weighted by Gasteiger charge is 2.23. The summed E-state index contributed by atoms with van der Waals surface area (Å²) in [5.74, 6) is -1.90. The van der Waals surface area contributed by atoms with Gasteiger partial charge in [-0.1, -0.05) is 0 Å². The van der Waals surface area contributed by atoms with E-state index in [9.17, 15) is 23.1 Å². The van der Waals surface area contributed by atoms with Gasteiger partial charge in [0.1, 0.15) is 6.04 Å². The molecule has 26 heavy (non-hydrogen) atoms. The maximum absolute atomic E-state index is 12.4. The zero-order chi connectivity index (χ0) is 20.3. The van der Waals surface area contributed by atoms with Crippen LogP contribution < -0.4 is 10.5 Å². The number of ether oxygens (including phenoxy) is 1. The minimum atomic E-state index is -4.00. The van der Waals surface area contributed by atoms with E-state index < -0.39 is 33.5 Å². The summed E-state index contributed by atoms with van der Waals surface area (Å²) in [7, 11) is -4.00. The maximum atomic E-state index is 12.4. The smallest absolute Gasteiger partial charge is 0.326 e. The van der Waals surface area contributed by atoms with Crippen LogP contribution in [0.4, 0.5) is 0 Å². The van der Waals surface area contributed by atoms with Gasteiger partial charge in [0.15, 0.2) is 0 Å². The SMILES string of the molecule is Cc1cc(C(=O)NC(CCOC(C)(C)C)C(=O)O)cc(S(N)(=O)=O)c1C. The summed E-state index contributed by atoms with van der Waals surface area (Å²) in [5, 5.41) is 16.9. The molecule has 0 fully saturated rings. The third-order valence-electron chi connectivity index (χ3n) is 3.73. The second-order valence-corrected chi connectivity index (χ2v) is 8.60. The Morgan fingerprint density at radius 2 is 1.85 bits per heavy atom. The average molecular weight is 386 g/mol. The summed E-state index contributed by atoms with van der Waals surface area (Å²) in [4.78, 5) is 23.6. The first-order valence-electron chi connectivity index (χ1n) is 8.04. The predicted molar refractivity (Wildman–Crippen MR) is 96.5 cm³/mol. The highest BCUT2D eigenvalue weighted by Crippen LogP contribution is 2.20. The molecule has 0 spiro atoms. The summed E-state index contributed by atoms with van der Waals surface area (Å²) in [5.41, 5.74) is 0.605. The quantitative estimate of drug-likeness (QED) is 0.647. The molecule has 4 N–H and O–H groups in total. The molecule has 1 aromatic rings. The molecule has 1 unspecified atom stereocenters. The number of aliphatic carboxylic acids is 1. The molecule has 146 valence electrons. The largest absolute Gasteiger partial charge is 0.480 e. The van der Waals surface area contributed by atoms with Crippen LogP contribution in [0, 0.1) is 13.8 Å². The average Bonchev–Trinajstić information content (AvgIpc) is 2.45. The van der Waals surface area contributed by atoms with Gasteiger partial charge in [0, 0.05) is 18.6 Å². The fourth-order valence-corrected chi connectivity index (χ4v) is 3.11. The van der Waals surface area contributed by atoms with Crippen LogP contribution in [0.5, 0.6) is 0 Å². The van der Waals surface area contributed by atoms with Crippen molar-refractivity contribution in [2.24, 2.45) is 5.14 Å². The first kappa shape index (κ1) is 22.1. The van der Waals surface area contributed by atoms with Gasteiger partial charge in [0.2, 0.25) is 10.0 Å². The van der Waals surface area contributed by atoms with Crippen LogP contribution >= 0.6 is 0 Å². The standard InChI is InChI=1S/C17H26N2O6S/c1-10-8-12(9-14(11(10)2)26(18,23)24)15(20)19-13(16(21)22)6-7-25-17(3,4)5/h8-9,13H,6-7H2,1-5H3,(H,19,20)(H,21,22)(H2,18,23,24). The number of hydrogen-bond donors (Lipinski definition) is 3. The molecule has 1 rings (SSSR count). The fraction of sp³-hybridized carbons (Fsp3) is 0.529. The van der Waals surface area contributed by atoms with E-state index in [2.05, 4.69) is 5.32 Å². The molecule has 0 bridgehead atoms. The summed E-state index contributed by atoms with van der Waals surface area (Å²) in [6, 6.07) is 1.48. The number of amides is 1. The van der Waals surface area contributed by atoms with Gasteiger partial charge in [-0.25, -0.2) is 18.4 Å². The van der Waals surface area contributed by atoms with Crippen molar-refractivity contribution in [1.82, 2.24) is 5.32 Å². The molecule has 0 saturated heterocycles. The van der Waals surface area contributed by atoms with Crippen molar-refractivity contribution in [3.63, 3.8) is 0 Å². The van der Waals surface area contributed by atoms with Crippen molar-refractivity contribution < 1.29 is 27.9 Å². The molecule has 0 heterocycles. The summed E-state index contributed by atoms with van der Waals surface area (Å²) >= 11 is 0. The topological polar surface area (TPSA) is 136 Å². The Kier molecular flexibility index (Phi) is 6.92. The van der Waals surface area contributed by atoms with Crippen molar-refractivity contribution in [3.05, 3.63) is 28.8 Å². The molecule has 1 amide bonds. The molecule has 0 aliphatic rings. The Morgan fingerprint density at radius 1 is 1.27 bits per heavy atom. The number of rotatable bonds is 7. The molecule has 0 aliphatic carbocycles. The molecular formula is C17H26N2O6S. The molecule has 9 heteroatoms. The lowest BCUT2D eigenvalue weighted by Gasteiger charge is -2.21. The highest BCUT2D eigenvalue weighted by molar-refractivity contribution is 7.89. The first-order valence-corrected chi connectivity index (χ1v) is 9.58. The lowest BCUT2D eigenvalue weighted by Crippen LogP contribution is -2.42. The number of hydrogen-bond acceptors (Lipinski definition) is 5. The van der Waals surface area contributed by atoms with Crippen LogP contribution in [0.1, 0.15) is 48.7 Å². The third-order valence-corrected chi connectivity index (χ3v) is 4.77. The Morgan fingerprint density at radius 3 is 2.31 bits per heavy atom. The van der Waals surface area contributed by atoms with Crippen molar-refractivity contribution in [3.8, 4) is 0 Å². The monoisotopic (exact) mass is 386 g/mol. The van der Waals surface area contributed by atoms with Crippen LogP contribution in [0.15, 0.2) is 17.0 Å². The summed E-state index contributed by atoms with van der Waals surface area (Å²) in [6.45, 7) is 8.89. The molecule has 0 saturated carbocycles. The van der Waals surface area contributed by atoms with E-state index in [0.717, 1.165) is 6.07 Å². The predicted octanol–water partition coefficient (Wildman–Crippen LogP) is 1.34. The molecular weight excluding hydrogens is 360 g/mol. The van der Waals surface area contributed by atoms with Crippen LogP contribution in [0.2, 0.25) is 0 Å². The Hall–Kier alpha value is -1.97. The van der Waals surface area contributed by atoms with Crippen molar-refractivity contribution in [2.45, 2.75) is 57.6 Å². The minimum Gasteiger partial charge on any atom is -0.480 e. The Balaban J connectivity index is 3.00. The van der Waals surface area contributed by atoms with Crippen LogP contribution in [0.25, 0.3) is 0 Å². The van der Waals surface area contributed by atoms with Crippen LogP contribution in [-0.4, -0.2) is 43.7 Å². The van der Waals surface area contributed by atoms with E-state index in [1.54, 1.807) is 13.8 Å². The number of carboxylic acid groups (broad SMARTS) is 1. The number of benzene rings is 1. The highest BCUT2D eigenvalue weighted by atomic mass is 32.2. The van der Waals surface area contributed by atoms with Gasteiger partial charge in [-0.15, -0.1) is 0 Å². The Labute approximate surface area is 153 Å². The van der Waals surface area contributed by atoms with Crippen molar-refractivity contribution in [2.75, 3.05) is 6.61 Å². The minimum absolute atomic E-state index is 0.0279. The van der Waals surface area contributed by atoms with Gasteiger partial charge < -0.3 is 15.2 Å². The van der Waals surface area contributed by atoms with Gasteiger partial charge in [0.25, 0.3) is 5.91 Å². The number of aryl methyl sites for hydroxylation is 1. The van der Waals surface area contributed by atoms with E-state index in [1.165, 1.54) is 6.07 Å². The fourth-order valence-electron chi connectivity index (χ4n) is 2.24. The summed E-state index contributed by atoms with van der Waals surface area (Å²) in [6.07, 6.45) is 0.0746. The van der Waals surface area contributed by atoms with Crippen LogP contribution in [0.3, 0.4) is 0 Å². The van der Waals surface area contributed by atoms with E-state index in [-0.39, 0.29) is 23.5 Å². The lowest BCUT2D eigenvalue weighted by molar-refractivity contribution is -0.140. The summed E-state index contributed by atoms with van der Waals surface area (Å²) < 4.78 is 28.8. The number of carbonyl (C=O) groups excluding carboxylic acids is 1. The number of nitrogens with one attached hydrogen (secondary N) is 1. The van der Waals surface area contributed by atoms with E-state index in [4.69, 9.17) is 9.88 Å². The van der Waals surface area contributed by atoms with E-state index in [1.807, 2.05) is 20.8 Å². The maximum Gasteiger partial charge on any atom is 0.326 e. The molecule has 1 atom stereocenters. The number of carboxylic acids is 1.